The molecule has 3 aromatic rings. The van der Waals surface area contributed by atoms with Gasteiger partial charge in [-0.2, -0.15) is 4.31 Å². The Morgan fingerprint density at radius 2 is 1.45 bits per heavy atom. The predicted octanol–water partition coefficient (Wildman–Crippen LogP) is 4.21. The van der Waals surface area contributed by atoms with Crippen molar-refractivity contribution in [2.24, 2.45) is 0 Å². The standard InChI is InChI=1S/C23H26N2O4S2/c1-25(19-9-3-2-4-10-19)31(28,29)21-13-14-23(22(24)16-21)30(26,27)20-12-11-17-7-5-6-8-18(17)15-20/h5-8,11-16,19H,2-4,9-10,24H2,1H3. The lowest BCUT2D eigenvalue weighted by atomic mass is 9.96. The molecule has 1 aliphatic carbocycles. The summed E-state index contributed by atoms with van der Waals surface area (Å²) in [4.78, 5) is 0.0328. The van der Waals surface area contributed by atoms with Crippen molar-refractivity contribution < 1.29 is 16.8 Å². The molecule has 8 heteroatoms. The van der Waals surface area contributed by atoms with Crippen molar-refractivity contribution in [3.05, 3.63) is 60.7 Å². The molecule has 0 aliphatic heterocycles. The molecule has 0 spiro atoms. The Morgan fingerprint density at radius 1 is 0.806 bits per heavy atom. The largest absolute Gasteiger partial charge is 0.398 e. The van der Waals surface area contributed by atoms with Crippen LogP contribution in [-0.4, -0.2) is 34.2 Å². The molecule has 1 fully saturated rings. The Hall–Kier alpha value is -2.42. The van der Waals surface area contributed by atoms with E-state index < -0.39 is 19.9 Å². The van der Waals surface area contributed by atoms with Crippen molar-refractivity contribution in [3.8, 4) is 0 Å². The minimum absolute atomic E-state index is 0.00975. The molecule has 6 nitrogen and oxygen atoms in total. The first-order chi connectivity index (χ1) is 14.7. The third-order valence-corrected chi connectivity index (χ3v) is 9.80. The summed E-state index contributed by atoms with van der Waals surface area (Å²) in [6, 6.07) is 16.2. The van der Waals surface area contributed by atoms with E-state index in [1.54, 1.807) is 25.2 Å². The van der Waals surface area contributed by atoms with Crippen LogP contribution in [-0.2, 0) is 19.9 Å². The zero-order valence-electron chi connectivity index (χ0n) is 17.4. The molecule has 3 aromatic carbocycles. The lowest BCUT2D eigenvalue weighted by molar-refractivity contribution is 0.286. The van der Waals surface area contributed by atoms with Crippen LogP contribution in [0.25, 0.3) is 10.8 Å². The predicted molar refractivity (Wildman–Crippen MR) is 122 cm³/mol. The van der Waals surface area contributed by atoms with Crippen LogP contribution in [0.15, 0.2) is 75.4 Å². The molecule has 0 bridgehead atoms. The molecule has 0 atom stereocenters. The van der Waals surface area contributed by atoms with Crippen molar-refractivity contribution in [2.75, 3.05) is 12.8 Å². The zero-order valence-corrected chi connectivity index (χ0v) is 19.0. The molecule has 0 amide bonds. The van der Waals surface area contributed by atoms with E-state index in [1.807, 2.05) is 24.3 Å². The normalized spacial score (nSPS) is 16.1. The van der Waals surface area contributed by atoms with Gasteiger partial charge in [-0.05, 0) is 53.9 Å². The van der Waals surface area contributed by atoms with Gasteiger partial charge in [0.1, 0.15) is 0 Å². The molecule has 2 N–H and O–H groups in total. The number of anilines is 1. The number of sulfonamides is 1. The number of fused-ring (bicyclic) bond motifs is 1. The Kier molecular flexibility index (Phi) is 5.81. The highest BCUT2D eigenvalue weighted by molar-refractivity contribution is 7.91. The fourth-order valence-electron chi connectivity index (χ4n) is 4.20. The van der Waals surface area contributed by atoms with Crippen LogP contribution in [0.1, 0.15) is 32.1 Å². The van der Waals surface area contributed by atoms with Gasteiger partial charge in [0, 0.05) is 13.1 Å². The van der Waals surface area contributed by atoms with Gasteiger partial charge < -0.3 is 5.73 Å². The zero-order chi connectivity index (χ0) is 22.2. The van der Waals surface area contributed by atoms with Crippen LogP contribution in [0.4, 0.5) is 5.69 Å². The summed E-state index contributed by atoms with van der Waals surface area (Å²) in [6.45, 7) is 0. The van der Waals surface area contributed by atoms with Gasteiger partial charge in [-0.1, -0.05) is 49.6 Å². The Labute approximate surface area is 183 Å². The van der Waals surface area contributed by atoms with Crippen LogP contribution < -0.4 is 5.73 Å². The van der Waals surface area contributed by atoms with Crippen LogP contribution in [0.3, 0.4) is 0 Å². The van der Waals surface area contributed by atoms with Crippen LogP contribution in [0.2, 0.25) is 0 Å². The van der Waals surface area contributed by atoms with E-state index in [1.165, 1.54) is 22.5 Å². The lowest BCUT2D eigenvalue weighted by Crippen LogP contribution is -2.38. The molecular weight excluding hydrogens is 432 g/mol. The summed E-state index contributed by atoms with van der Waals surface area (Å²) in [7, 11) is -6.07. The SMILES string of the molecule is CN(C1CCCCC1)S(=O)(=O)c1ccc(S(=O)(=O)c2ccc3ccccc3c2)c(N)c1. The maximum absolute atomic E-state index is 13.2. The number of hydrogen-bond donors (Lipinski definition) is 1. The summed E-state index contributed by atoms with van der Waals surface area (Å²) in [5.74, 6) is 0. The molecule has 31 heavy (non-hydrogen) atoms. The third-order valence-electron chi connectivity index (χ3n) is 6.07. The second-order valence-electron chi connectivity index (χ2n) is 8.03. The fraction of sp³-hybridized carbons (Fsp3) is 0.304. The summed E-state index contributed by atoms with van der Waals surface area (Å²) >= 11 is 0. The van der Waals surface area contributed by atoms with Crippen LogP contribution >= 0.6 is 0 Å². The molecule has 0 radical (unpaired) electrons. The van der Waals surface area contributed by atoms with Gasteiger partial charge in [0.05, 0.1) is 20.4 Å². The minimum atomic E-state index is -3.90. The van der Waals surface area contributed by atoms with Gasteiger partial charge in [0.25, 0.3) is 0 Å². The molecule has 0 unspecified atom stereocenters. The molecule has 1 saturated carbocycles. The number of hydrogen-bond acceptors (Lipinski definition) is 5. The van der Waals surface area contributed by atoms with E-state index in [0.29, 0.717) is 0 Å². The van der Waals surface area contributed by atoms with Crippen molar-refractivity contribution in [2.45, 2.75) is 52.8 Å². The number of sulfone groups is 1. The van der Waals surface area contributed by atoms with Gasteiger partial charge in [-0.3, -0.25) is 0 Å². The summed E-state index contributed by atoms with van der Waals surface area (Å²) in [6.07, 6.45) is 4.81. The molecule has 4 rings (SSSR count). The molecule has 0 aromatic heterocycles. The quantitative estimate of drug-likeness (QED) is 0.578. The Morgan fingerprint density at radius 3 is 2.13 bits per heavy atom. The molecular formula is C23H26N2O4S2. The number of nitrogens with zero attached hydrogens (tertiary/aromatic N) is 1. The topological polar surface area (TPSA) is 97.5 Å². The fourth-order valence-corrected chi connectivity index (χ4v) is 7.05. The second kappa shape index (κ2) is 8.26. The number of nitrogens with two attached hydrogens (primary N) is 1. The number of nitrogen functional groups attached to an aromatic ring is 1. The highest BCUT2D eigenvalue weighted by Gasteiger charge is 2.30. The van der Waals surface area contributed by atoms with E-state index in [2.05, 4.69) is 0 Å². The minimum Gasteiger partial charge on any atom is -0.398 e. The maximum Gasteiger partial charge on any atom is 0.243 e. The van der Waals surface area contributed by atoms with Crippen LogP contribution in [0.5, 0.6) is 0 Å². The van der Waals surface area contributed by atoms with Gasteiger partial charge in [0.15, 0.2) is 0 Å². The Bertz CT molecular complexity index is 1330. The molecule has 1 aliphatic rings. The average Bonchev–Trinajstić information content (AvgIpc) is 2.78. The van der Waals surface area contributed by atoms with E-state index in [9.17, 15) is 16.8 Å². The van der Waals surface area contributed by atoms with E-state index in [0.717, 1.165) is 42.9 Å². The van der Waals surface area contributed by atoms with Crippen LogP contribution in [0, 0.1) is 0 Å². The summed E-state index contributed by atoms with van der Waals surface area (Å²) in [5, 5.41) is 1.73. The lowest BCUT2D eigenvalue weighted by Gasteiger charge is -2.30. The van der Waals surface area contributed by atoms with Crippen molar-refractivity contribution >= 4 is 36.3 Å². The van der Waals surface area contributed by atoms with Gasteiger partial charge >= 0.3 is 0 Å². The number of benzene rings is 3. The monoisotopic (exact) mass is 458 g/mol. The maximum atomic E-state index is 13.2. The molecule has 164 valence electrons. The van der Waals surface area contributed by atoms with E-state index in [-0.39, 0.29) is 26.4 Å². The second-order valence-corrected chi connectivity index (χ2v) is 11.9. The first-order valence-electron chi connectivity index (χ1n) is 10.3. The van der Waals surface area contributed by atoms with E-state index >= 15 is 0 Å². The van der Waals surface area contributed by atoms with E-state index in [4.69, 9.17) is 5.73 Å². The van der Waals surface area contributed by atoms with Gasteiger partial charge in [-0.25, -0.2) is 16.8 Å². The highest BCUT2D eigenvalue weighted by atomic mass is 32.2. The van der Waals surface area contributed by atoms with Gasteiger partial charge in [-0.15, -0.1) is 0 Å². The highest BCUT2D eigenvalue weighted by Crippen LogP contribution is 2.32. The molecule has 0 saturated heterocycles. The van der Waals surface area contributed by atoms with Crippen molar-refractivity contribution in [1.29, 1.82) is 0 Å². The van der Waals surface area contributed by atoms with Crippen molar-refractivity contribution in [1.82, 2.24) is 4.31 Å². The smallest absolute Gasteiger partial charge is 0.243 e. The van der Waals surface area contributed by atoms with Gasteiger partial charge in [0.2, 0.25) is 19.9 Å². The summed E-state index contributed by atoms with van der Waals surface area (Å²) in [5.41, 5.74) is 5.99. The first-order valence-corrected chi connectivity index (χ1v) is 13.2. The summed E-state index contributed by atoms with van der Waals surface area (Å²) < 4.78 is 54.0. The number of rotatable bonds is 5. The van der Waals surface area contributed by atoms with Crippen molar-refractivity contribution in [3.63, 3.8) is 0 Å². The third kappa shape index (κ3) is 4.07. The Balaban J connectivity index is 1.69. The first kappa shape index (κ1) is 21.8. The molecule has 0 heterocycles. The average molecular weight is 459 g/mol.